The number of thioether (sulfide) groups is 1. The third-order valence-electron chi connectivity index (χ3n) is 4.18. The van der Waals surface area contributed by atoms with Gasteiger partial charge in [-0.1, -0.05) is 43.3 Å². The SMILES string of the molecule is CC/C=C(/NC(=O)[C@H](CCSC)NC=O)C(=O)NC(Cc1ccccc1)C(=O)OC. The lowest BCUT2D eigenvalue weighted by Crippen LogP contribution is -2.49. The topological polar surface area (TPSA) is 114 Å². The summed E-state index contributed by atoms with van der Waals surface area (Å²) in [5.41, 5.74) is 0.872. The molecule has 0 spiro atoms. The van der Waals surface area contributed by atoms with E-state index in [1.165, 1.54) is 7.11 Å². The number of methoxy groups -OCH3 is 1. The summed E-state index contributed by atoms with van der Waals surface area (Å²) in [6, 6.07) is 7.54. The molecule has 2 atom stereocenters. The molecule has 0 aliphatic rings. The molecule has 30 heavy (non-hydrogen) atoms. The molecule has 9 heteroatoms. The standard InChI is InChI=1S/C21H29N3O5S/c1-4-8-17(23-19(26)16(22-14-25)11-12-30-3)20(27)24-18(21(28)29-2)13-15-9-6-5-7-10-15/h5-10,14,16,18H,4,11-13H2,1-3H3,(H,22,25)(H,23,26)(H,24,27)/b17-8+/t16-,18?/m0/s1. The Morgan fingerprint density at radius 3 is 2.43 bits per heavy atom. The van der Waals surface area contributed by atoms with Gasteiger partial charge in [0.2, 0.25) is 12.3 Å². The molecule has 1 aromatic carbocycles. The van der Waals surface area contributed by atoms with Gasteiger partial charge in [0, 0.05) is 6.42 Å². The number of hydrogen-bond acceptors (Lipinski definition) is 6. The van der Waals surface area contributed by atoms with Gasteiger partial charge in [0.1, 0.15) is 17.8 Å². The highest BCUT2D eigenvalue weighted by molar-refractivity contribution is 7.98. The first-order chi connectivity index (χ1) is 14.5. The van der Waals surface area contributed by atoms with Gasteiger partial charge in [-0.2, -0.15) is 11.8 Å². The van der Waals surface area contributed by atoms with Gasteiger partial charge >= 0.3 is 5.97 Å². The van der Waals surface area contributed by atoms with E-state index in [9.17, 15) is 19.2 Å². The molecule has 3 amide bonds. The van der Waals surface area contributed by atoms with Crippen molar-refractivity contribution in [3.8, 4) is 0 Å². The Hall–Kier alpha value is -2.81. The molecule has 0 aliphatic heterocycles. The van der Waals surface area contributed by atoms with Crippen LogP contribution in [0, 0.1) is 0 Å². The number of carbonyl (C=O) groups is 4. The van der Waals surface area contributed by atoms with Crippen LogP contribution >= 0.6 is 11.8 Å². The van der Waals surface area contributed by atoms with Gasteiger partial charge < -0.3 is 20.7 Å². The molecule has 1 unspecified atom stereocenters. The van der Waals surface area contributed by atoms with Gasteiger partial charge in [0.25, 0.3) is 5.91 Å². The van der Waals surface area contributed by atoms with E-state index < -0.39 is 29.9 Å². The predicted molar refractivity (Wildman–Crippen MR) is 117 cm³/mol. The number of benzene rings is 1. The second kappa shape index (κ2) is 14.2. The van der Waals surface area contributed by atoms with Crippen LogP contribution in [0.15, 0.2) is 42.1 Å². The number of esters is 1. The third kappa shape index (κ3) is 8.69. The number of amides is 3. The zero-order chi connectivity index (χ0) is 22.4. The van der Waals surface area contributed by atoms with Crippen LogP contribution in [0.2, 0.25) is 0 Å². The maximum Gasteiger partial charge on any atom is 0.328 e. The van der Waals surface area contributed by atoms with Crippen molar-refractivity contribution in [2.75, 3.05) is 19.1 Å². The fourth-order valence-electron chi connectivity index (χ4n) is 2.65. The maximum absolute atomic E-state index is 12.8. The average molecular weight is 436 g/mol. The second-order valence-electron chi connectivity index (χ2n) is 6.37. The van der Waals surface area contributed by atoms with Crippen LogP contribution in [-0.2, 0) is 30.3 Å². The Kier molecular flexibility index (Phi) is 12.0. The molecule has 0 aromatic heterocycles. The van der Waals surface area contributed by atoms with E-state index >= 15 is 0 Å². The minimum atomic E-state index is -0.914. The van der Waals surface area contributed by atoms with Crippen LogP contribution < -0.4 is 16.0 Å². The largest absolute Gasteiger partial charge is 0.467 e. The van der Waals surface area contributed by atoms with Crippen molar-refractivity contribution in [1.82, 2.24) is 16.0 Å². The molecular formula is C21H29N3O5S. The van der Waals surface area contributed by atoms with Crippen LogP contribution in [0.25, 0.3) is 0 Å². The highest BCUT2D eigenvalue weighted by atomic mass is 32.2. The molecule has 0 saturated carbocycles. The minimum Gasteiger partial charge on any atom is -0.467 e. The number of ether oxygens (including phenoxy) is 1. The van der Waals surface area contributed by atoms with E-state index in [4.69, 9.17) is 4.74 Å². The Morgan fingerprint density at radius 2 is 1.87 bits per heavy atom. The summed E-state index contributed by atoms with van der Waals surface area (Å²) in [4.78, 5) is 48.3. The Morgan fingerprint density at radius 1 is 1.17 bits per heavy atom. The van der Waals surface area contributed by atoms with Crippen molar-refractivity contribution in [3.63, 3.8) is 0 Å². The molecule has 0 fully saturated rings. The van der Waals surface area contributed by atoms with Crippen molar-refractivity contribution in [2.45, 2.75) is 38.3 Å². The Bertz CT molecular complexity index is 739. The summed E-state index contributed by atoms with van der Waals surface area (Å²) in [6.45, 7) is 1.82. The number of carbonyl (C=O) groups excluding carboxylic acids is 4. The maximum atomic E-state index is 12.8. The molecule has 0 aliphatic carbocycles. The highest BCUT2D eigenvalue weighted by Crippen LogP contribution is 2.07. The van der Waals surface area contributed by atoms with Crippen LogP contribution in [0.1, 0.15) is 25.3 Å². The van der Waals surface area contributed by atoms with Crippen LogP contribution in [0.4, 0.5) is 0 Å². The van der Waals surface area contributed by atoms with E-state index in [1.807, 2.05) is 43.5 Å². The van der Waals surface area contributed by atoms with Gasteiger partial charge in [-0.15, -0.1) is 0 Å². The molecule has 8 nitrogen and oxygen atoms in total. The van der Waals surface area contributed by atoms with E-state index in [0.717, 1.165) is 5.56 Å². The van der Waals surface area contributed by atoms with E-state index in [1.54, 1.807) is 17.8 Å². The number of allylic oxidation sites excluding steroid dienone is 1. The molecular weight excluding hydrogens is 406 g/mol. The summed E-state index contributed by atoms with van der Waals surface area (Å²) in [5.74, 6) is -1.02. The monoisotopic (exact) mass is 435 g/mol. The third-order valence-corrected chi connectivity index (χ3v) is 4.82. The molecule has 164 valence electrons. The van der Waals surface area contributed by atoms with Crippen molar-refractivity contribution in [3.05, 3.63) is 47.7 Å². The first-order valence-electron chi connectivity index (χ1n) is 9.59. The van der Waals surface area contributed by atoms with E-state index in [-0.39, 0.29) is 12.1 Å². The number of rotatable bonds is 13. The van der Waals surface area contributed by atoms with Gasteiger partial charge in [-0.25, -0.2) is 4.79 Å². The predicted octanol–water partition coefficient (Wildman–Crippen LogP) is 1.16. The fraction of sp³-hybridized carbons (Fsp3) is 0.429. The lowest BCUT2D eigenvalue weighted by molar-refractivity contribution is -0.144. The normalized spacial score (nSPS) is 13.0. The van der Waals surface area contributed by atoms with Crippen molar-refractivity contribution in [2.24, 2.45) is 0 Å². The van der Waals surface area contributed by atoms with Gasteiger partial charge in [0.15, 0.2) is 0 Å². The molecule has 0 radical (unpaired) electrons. The summed E-state index contributed by atoms with van der Waals surface area (Å²) < 4.78 is 4.81. The molecule has 1 rings (SSSR count). The van der Waals surface area contributed by atoms with E-state index in [2.05, 4.69) is 16.0 Å². The lowest BCUT2D eigenvalue weighted by Gasteiger charge is -2.20. The van der Waals surface area contributed by atoms with Crippen molar-refractivity contribution in [1.29, 1.82) is 0 Å². The fourth-order valence-corrected chi connectivity index (χ4v) is 3.13. The minimum absolute atomic E-state index is 0.0197. The van der Waals surface area contributed by atoms with Crippen molar-refractivity contribution >= 4 is 36.0 Å². The number of hydrogen-bond donors (Lipinski definition) is 3. The number of nitrogens with one attached hydrogen (secondary N) is 3. The lowest BCUT2D eigenvalue weighted by atomic mass is 10.1. The second-order valence-corrected chi connectivity index (χ2v) is 7.36. The molecule has 0 saturated heterocycles. The first kappa shape index (κ1) is 25.2. The Balaban J connectivity index is 2.91. The average Bonchev–Trinajstić information content (AvgIpc) is 2.75. The summed E-state index contributed by atoms with van der Waals surface area (Å²) >= 11 is 1.54. The Labute approximate surface area is 181 Å². The summed E-state index contributed by atoms with van der Waals surface area (Å²) in [5, 5.41) is 7.66. The zero-order valence-electron chi connectivity index (χ0n) is 17.5. The zero-order valence-corrected chi connectivity index (χ0v) is 18.3. The van der Waals surface area contributed by atoms with E-state index in [0.29, 0.717) is 25.0 Å². The molecule has 0 heterocycles. The van der Waals surface area contributed by atoms with Gasteiger partial charge in [-0.3, -0.25) is 14.4 Å². The van der Waals surface area contributed by atoms with Gasteiger partial charge in [0.05, 0.1) is 7.11 Å². The molecule has 0 bridgehead atoms. The quantitative estimate of drug-likeness (QED) is 0.243. The molecule has 1 aromatic rings. The van der Waals surface area contributed by atoms with Crippen LogP contribution in [-0.4, -0.2) is 55.4 Å². The summed E-state index contributed by atoms with van der Waals surface area (Å²) in [6.07, 6.45) is 5.06. The molecule has 3 N–H and O–H groups in total. The van der Waals surface area contributed by atoms with Crippen LogP contribution in [0.3, 0.4) is 0 Å². The first-order valence-corrected chi connectivity index (χ1v) is 11.0. The van der Waals surface area contributed by atoms with Crippen LogP contribution in [0.5, 0.6) is 0 Å². The smallest absolute Gasteiger partial charge is 0.328 e. The highest BCUT2D eigenvalue weighted by Gasteiger charge is 2.26. The van der Waals surface area contributed by atoms with Gasteiger partial charge in [-0.05, 0) is 30.4 Å². The summed E-state index contributed by atoms with van der Waals surface area (Å²) in [7, 11) is 1.25. The van der Waals surface area contributed by atoms with Crippen molar-refractivity contribution < 1.29 is 23.9 Å².